The van der Waals surface area contributed by atoms with E-state index in [4.69, 9.17) is 10.5 Å². The van der Waals surface area contributed by atoms with Crippen LogP contribution in [-0.4, -0.2) is 25.0 Å². The summed E-state index contributed by atoms with van der Waals surface area (Å²) in [5, 5.41) is 2.39. The van der Waals surface area contributed by atoms with Crippen molar-refractivity contribution in [1.82, 2.24) is 5.32 Å². The standard InChI is InChI=1S/C11H14N2O3/c1-7(10(14)13-2)16-11(15)8-5-3-4-6-9(8)12/h3-7H,12H2,1-2H3,(H,13,14). The average molecular weight is 222 g/mol. The van der Waals surface area contributed by atoms with Gasteiger partial charge in [0.25, 0.3) is 5.91 Å². The molecule has 0 heterocycles. The van der Waals surface area contributed by atoms with Gasteiger partial charge in [-0.25, -0.2) is 4.79 Å². The molecule has 1 rings (SSSR count). The molecule has 0 aliphatic carbocycles. The molecule has 86 valence electrons. The topological polar surface area (TPSA) is 81.4 Å². The molecule has 16 heavy (non-hydrogen) atoms. The fourth-order valence-electron chi connectivity index (χ4n) is 1.16. The van der Waals surface area contributed by atoms with E-state index >= 15 is 0 Å². The molecule has 3 N–H and O–H groups in total. The van der Waals surface area contributed by atoms with Crippen molar-refractivity contribution in [2.24, 2.45) is 0 Å². The molecule has 0 saturated heterocycles. The highest BCUT2D eigenvalue weighted by Gasteiger charge is 2.18. The second-order valence-corrected chi connectivity index (χ2v) is 3.25. The van der Waals surface area contributed by atoms with Gasteiger partial charge in [-0.3, -0.25) is 4.79 Å². The van der Waals surface area contributed by atoms with E-state index in [1.807, 2.05) is 0 Å². The molecule has 0 spiro atoms. The van der Waals surface area contributed by atoms with Crippen molar-refractivity contribution in [3.8, 4) is 0 Å². The minimum absolute atomic E-state index is 0.262. The average Bonchev–Trinajstić information content (AvgIpc) is 2.28. The van der Waals surface area contributed by atoms with E-state index < -0.39 is 12.1 Å². The highest BCUT2D eigenvalue weighted by Crippen LogP contribution is 2.12. The number of para-hydroxylation sites is 1. The molecule has 1 unspecified atom stereocenters. The van der Waals surface area contributed by atoms with Crippen LogP contribution in [0.5, 0.6) is 0 Å². The van der Waals surface area contributed by atoms with Crippen LogP contribution >= 0.6 is 0 Å². The first-order valence-corrected chi connectivity index (χ1v) is 4.83. The predicted molar refractivity (Wildman–Crippen MR) is 59.8 cm³/mol. The van der Waals surface area contributed by atoms with Crippen LogP contribution in [0.25, 0.3) is 0 Å². The fraction of sp³-hybridized carbons (Fsp3) is 0.273. The normalized spacial score (nSPS) is 11.6. The Balaban J connectivity index is 2.73. The maximum Gasteiger partial charge on any atom is 0.341 e. The summed E-state index contributed by atoms with van der Waals surface area (Å²) < 4.78 is 4.94. The van der Waals surface area contributed by atoms with Gasteiger partial charge in [-0.2, -0.15) is 0 Å². The lowest BCUT2D eigenvalue weighted by Gasteiger charge is -2.12. The molecule has 5 heteroatoms. The summed E-state index contributed by atoms with van der Waals surface area (Å²) in [7, 11) is 1.48. The molecule has 1 aromatic rings. The molecular formula is C11H14N2O3. The van der Waals surface area contributed by atoms with E-state index in [0.29, 0.717) is 5.69 Å². The molecule has 0 radical (unpaired) electrons. The van der Waals surface area contributed by atoms with Gasteiger partial charge >= 0.3 is 5.97 Å². The minimum atomic E-state index is -0.836. The number of hydrogen-bond acceptors (Lipinski definition) is 4. The van der Waals surface area contributed by atoms with Gasteiger partial charge in [-0.05, 0) is 19.1 Å². The second-order valence-electron chi connectivity index (χ2n) is 3.25. The molecule has 5 nitrogen and oxygen atoms in total. The molecule has 0 bridgehead atoms. The van der Waals surface area contributed by atoms with Gasteiger partial charge in [0.05, 0.1) is 5.56 Å². The van der Waals surface area contributed by atoms with E-state index in [-0.39, 0.29) is 11.5 Å². The first-order chi connectivity index (χ1) is 7.56. The van der Waals surface area contributed by atoms with Crippen LogP contribution in [0.1, 0.15) is 17.3 Å². The number of carbonyl (C=O) groups excluding carboxylic acids is 2. The maximum absolute atomic E-state index is 11.6. The van der Waals surface area contributed by atoms with Gasteiger partial charge < -0.3 is 15.8 Å². The lowest BCUT2D eigenvalue weighted by Crippen LogP contribution is -2.33. The van der Waals surface area contributed by atoms with E-state index in [1.54, 1.807) is 24.3 Å². The van der Waals surface area contributed by atoms with Crippen molar-refractivity contribution in [1.29, 1.82) is 0 Å². The van der Waals surface area contributed by atoms with Crippen LogP contribution in [0, 0.1) is 0 Å². The summed E-state index contributed by atoms with van der Waals surface area (Å²) >= 11 is 0. The number of nitrogen functional groups attached to an aromatic ring is 1. The summed E-state index contributed by atoms with van der Waals surface area (Å²) in [6.07, 6.45) is -0.836. The van der Waals surface area contributed by atoms with Crippen molar-refractivity contribution >= 4 is 17.6 Å². The number of esters is 1. The minimum Gasteiger partial charge on any atom is -0.449 e. The van der Waals surface area contributed by atoms with Crippen LogP contribution in [0.2, 0.25) is 0 Å². The lowest BCUT2D eigenvalue weighted by atomic mass is 10.2. The Morgan fingerprint density at radius 2 is 2.00 bits per heavy atom. The SMILES string of the molecule is CNC(=O)C(C)OC(=O)c1ccccc1N. The van der Waals surface area contributed by atoms with Crippen molar-refractivity contribution in [2.75, 3.05) is 12.8 Å². The quantitative estimate of drug-likeness (QED) is 0.578. The van der Waals surface area contributed by atoms with Crippen LogP contribution in [-0.2, 0) is 9.53 Å². The number of likely N-dealkylation sites (N-methyl/N-ethyl adjacent to an activating group) is 1. The number of hydrogen-bond donors (Lipinski definition) is 2. The zero-order chi connectivity index (χ0) is 12.1. The van der Waals surface area contributed by atoms with Crippen LogP contribution in [0.15, 0.2) is 24.3 Å². The number of amides is 1. The molecule has 1 aromatic carbocycles. The number of carbonyl (C=O) groups is 2. The Hall–Kier alpha value is -2.04. The molecule has 0 fully saturated rings. The van der Waals surface area contributed by atoms with Gasteiger partial charge in [0, 0.05) is 12.7 Å². The maximum atomic E-state index is 11.6. The number of nitrogens with one attached hydrogen (secondary N) is 1. The first kappa shape index (κ1) is 12.0. The number of nitrogens with two attached hydrogens (primary N) is 1. The molecular weight excluding hydrogens is 208 g/mol. The summed E-state index contributed by atoms with van der Waals surface area (Å²) in [4.78, 5) is 22.8. The summed E-state index contributed by atoms with van der Waals surface area (Å²) in [5.74, 6) is -0.961. The van der Waals surface area contributed by atoms with Crippen molar-refractivity contribution in [3.05, 3.63) is 29.8 Å². The summed E-state index contributed by atoms with van der Waals surface area (Å²) in [6, 6.07) is 6.54. The lowest BCUT2D eigenvalue weighted by molar-refractivity contribution is -0.128. The Bertz CT molecular complexity index is 404. The van der Waals surface area contributed by atoms with Gasteiger partial charge in [0.2, 0.25) is 0 Å². The second kappa shape index (κ2) is 5.16. The van der Waals surface area contributed by atoms with Crippen LogP contribution in [0.3, 0.4) is 0 Å². The third-order valence-electron chi connectivity index (χ3n) is 2.08. The monoisotopic (exact) mass is 222 g/mol. The van der Waals surface area contributed by atoms with E-state index in [2.05, 4.69) is 5.32 Å². The smallest absolute Gasteiger partial charge is 0.341 e. The number of benzene rings is 1. The van der Waals surface area contributed by atoms with E-state index in [0.717, 1.165) is 0 Å². The van der Waals surface area contributed by atoms with Gasteiger partial charge in [0.15, 0.2) is 6.10 Å². The number of ether oxygens (including phenoxy) is 1. The highest BCUT2D eigenvalue weighted by molar-refractivity contribution is 5.96. The van der Waals surface area contributed by atoms with Crippen molar-refractivity contribution in [2.45, 2.75) is 13.0 Å². The Labute approximate surface area is 93.6 Å². The molecule has 0 aromatic heterocycles. The van der Waals surface area contributed by atoms with Gasteiger partial charge in [-0.15, -0.1) is 0 Å². The van der Waals surface area contributed by atoms with E-state index in [9.17, 15) is 9.59 Å². The van der Waals surface area contributed by atoms with Gasteiger partial charge in [-0.1, -0.05) is 12.1 Å². The van der Waals surface area contributed by atoms with Crippen molar-refractivity contribution in [3.63, 3.8) is 0 Å². The van der Waals surface area contributed by atoms with Gasteiger partial charge in [0.1, 0.15) is 0 Å². The molecule has 1 atom stereocenters. The number of anilines is 1. The Morgan fingerprint density at radius 3 is 2.56 bits per heavy atom. The molecule has 0 saturated carbocycles. The van der Waals surface area contributed by atoms with Crippen molar-refractivity contribution < 1.29 is 14.3 Å². The zero-order valence-corrected chi connectivity index (χ0v) is 9.19. The Morgan fingerprint density at radius 1 is 1.38 bits per heavy atom. The molecule has 1 amide bonds. The van der Waals surface area contributed by atoms with Crippen LogP contribution in [0.4, 0.5) is 5.69 Å². The predicted octanol–water partition coefficient (Wildman–Crippen LogP) is 0.560. The highest BCUT2D eigenvalue weighted by atomic mass is 16.5. The molecule has 0 aliphatic heterocycles. The number of rotatable bonds is 3. The Kier molecular flexibility index (Phi) is 3.88. The molecule has 0 aliphatic rings. The summed E-state index contributed by atoms with van der Waals surface area (Å²) in [6.45, 7) is 1.50. The zero-order valence-electron chi connectivity index (χ0n) is 9.19. The third kappa shape index (κ3) is 2.73. The largest absolute Gasteiger partial charge is 0.449 e. The first-order valence-electron chi connectivity index (χ1n) is 4.83. The van der Waals surface area contributed by atoms with E-state index in [1.165, 1.54) is 14.0 Å². The van der Waals surface area contributed by atoms with Crippen LogP contribution < -0.4 is 11.1 Å². The fourth-order valence-corrected chi connectivity index (χ4v) is 1.16. The third-order valence-corrected chi connectivity index (χ3v) is 2.08. The summed E-state index contributed by atoms with van der Waals surface area (Å²) in [5.41, 5.74) is 6.20.